The van der Waals surface area contributed by atoms with E-state index in [4.69, 9.17) is 23.7 Å². The Labute approximate surface area is 214 Å². The zero-order valence-corrected chi connectivity index (χ0v) is 23.7. The molecule has 0 aromatic carbocycles. The molecule has 1 saturated heterocycles. The lowest BCUT2D eigenvalue weighted by atomic mass is 9.93. The largest absolute Gasteiger partial charge is 0.462 e. The molecule has 0 amide bonds. The summed E-state index contributed by atoms with van der Waals surface area (Å²) >= 11 is 0. The van der Waals surface area contributed by atoms with Gasteiger partial charge in [0.2, 0.25) is 0 Å². The van der Waals surface area contributed by atoms with Crippen LogP contribution in [0.15, 0.2) is 0 Å². The Kier molecular flexibility index (Phi) is 9.77. The molecule has 1 aliphatic rings. The Hall–Kier alpha value is -2.20. The van der Waals surface area contributed by atoms with Crippen LogP contribution in [0.4, 0.5) is 0 Å². The molecule has 10 heteroatoms. The van der Waals surface area contributed by atoms with Crippen LogP contribution in [0.25, 0.3) is 0 Å². The van der Waals surface area contributed by atoms with Gasteiger partial charge in [0, 0.05) is 0 Å². The summed E-state index contributed by atoms with van der Waals surface area (Å²) in [4.78, 5) is 50.8. The fourth-order valence-electron chi connectivity index (χ4n) is 2.71. The van der Waals surface area contributed by atoms with E-state index in [2.05, 4.69) is 0 Å². The standard InChI is InChI=1S/C26H44O10/c1-23(2,3)19(28)32-13-14-15(34-20(29)24(4,5)6)16(35-21(30)25(7,8)9)17(18(27)33-14)36-22(31)26(10,11)12/h14-18,27H,13H2,1-12H3/t14-,15+,16+,17+,18+/m1/s1. The first-order valence-corrected chi connectivity index (χ1v) is 12.1. The topological polar surface area (TPSA) is 135 Å². The van der Waals surface area contributed by atoms with Crippen LogP contribution in [0, 0.1) is 21.7 Å². The summed E-state index contributed by atoms with van der Waals surface area (Å²) in [6.45, 7) is 19.2. The van der Waals surface area contributed by atoms with Gasteiger partial charge < -0.3 is 28.8 Å². The van der Waals surface area contributed by atoms with Crippen molar-refractivity contribution in [2.24, 2.45) is 21.7 Å². The van der Waals surface area contributed by atoms with Crippen molar-refractivity contribution in [3.63, 3.8) is 0 Å². The summed E-state index contributed by atoms with van der Waals surface area (Å²) in [6.07, 6.45) is -7.25. The molecule has 0 bridgehead atoms. The van der Waals surface area contributed by atoms with Crippen LogP contribution in [0.5, 0.6) is 0 Å². The first-order valence-electron chi connectivity index (χ1n) is 12.1. The molecule has 0 spiro atoms. The van der Waals surface area contributed by atoms with E-state index in [0.717, 1.165) is 0 Å². The van der Waals surface area contributed by atoms with E-state index in [0.29, 0.717) is 0 Å². The SMILES string of the molecule is CC(C)(C)C(=O)OC[C@H]1O[C@H](O)[C@@H](OC(=O)C(C)(C)C)[C@@H](OC(=O)C(C)(C)C)[C@H]1OC(=O)C(C)(C)C. The lowest BCUT2D eigenvalue weighted by molar-refractivity contribution is -0.300. The fourth-order valence-corrected chi connectivity index (χ4v) is 2.71. The van der Waals surface area contributed by atoms with Crippen molar-refractivity contribution >= 4 is 23.9 Å². The molecule has 1 N–H and O–H groups in total. The Morgan fingerprint density at radius 2 is 0.917 bits per heavy atom. The molecule has 1 heterocycles. The first kappa shape index (κ1) is 31.8. The fraction of sp³-hybridized carbons (Fsp3) is 0.846. The van der Waals surface area contributed by atoms with Gasteiger partial charge in [0.25, 0.3) is 0 Å². The van der Waals surface area contributed by atoms with Crippen molar-refractivity contribution in [3.8, 4) is 0 Å². The van der Waals surface area contributed by atoms with Crippen LogP contribution in [0.3, 0.4) is 0 Å². The van der Waals surface area contributed by atoms with Crippen LogP contribution in [0.2, 0.25) is 0 Å². The molecule has 1 fully saturated rings. The maximum Gasteiger partial charge on any atom is 0.311 e. The molecule has 1 rings (SSSR count). The Balaban J connectivity index is 3.50. The first-order chi connectivity index (χ1) is 16.0. The summed E-state index contributed by atoms with van der Waals surface area (Å²) in [5.74, 6) is -2.57. The van der Waals surface area contributed by atoms with Gasteiger partial charge in [0.1, 0.15) is 12.7 Å². The van der Waals surface area contributed by atoms with Crippen LogP contribution in [0.1, 0.15) is 83.1 Å². The second-order valence-electron chi connectivity index (χ2n) is 13.3. The number of hydrogen-bond acceptors (Lipinski definition) is 10. The number of esters is 4. The van der Waals surface area contributed by atoms with Gasteiger partial charge >= 0.3 is 23.9 Å². The Morgan fingerprint density at radius 1 is 0.583 bits per heavy atom. The van der Waals surface area contributed by atoms with E-state index in [-0.39, 0.29) is 0 Å². The highest BCUT2D eigenvalue weighted by molar-refractivity contribution is 5.78. The van der Waals surface area contributed by atoms with Gasteiger partial charge in [0.05, 0.1) is 21.7 Å². The van der Waals surface area contributed by atoms with Crippen molar-refractivity contribution in [1.29, 1.82) is 0 Å². The van der Waals surface area contributed by atoms with Crippen LogP contribution >= 0.6 is 0 Å². The second-order valence-corrected chi connectivity index (χ2v) is 13.3. The van der Waals surface area contributed by atoms with Gasteiger partial charge in [0.15, 0.2) is 24.6 Å². The number of carbonyl (C=O) groups is 4. The molecule has 0 aromatic rings. The molecule has 0 radical (unpaired) electrons. The molecule has 36 heavy (non-hydrogen) atoms. The van der Waals surface area contributed by atoms with Gasteiger partial charge in [-0.1, -0.05) is 0 Å². The summed E-state index contributed by atoms with van der Waals surface area (Å²) in [5, 5.41) is 10.8. The third-order valence-electron chi connectivity index (χ3n) is 5.17. The summed E-state index contributed by atoms with van der Waals surface area (Å²) in [6, 6.07) is 0. The smallest absolute Gasteiger partial charge is 0.311 e. The molecule has 0 unspecified atom stereocenters. The maximum absolute atomic E-state index is 12.9. The third kappa shape index (κ3) is 8.73. The molecule has 1 aliphatic heterocycles. The monoisotopic (exact) mass is 516 g/mol. The normalized spacial score (nSPS) is 25.5. The Bertz CT molecular complexity index is 820. The molecular formula is C26H44O10. The van der Waals surface area contributed by atoms with Gasteiger partial charge in [-0.15, -0.1) is 0 Å². The molecule has 10 nitrogen and oxygen atoms in total. The van der Waals surface area contributed by atoms with E-state index in [1.165, 1.54) is 0 Å². The van der Waals surface area contributed by atoms with E-state index in [1.807, 2.05) is 0 Å². The number of rotatable bonds is 5. The molecule has 0 aromatic heterocycles. The quantitative estimate of drug-likeness (QED) is 0.429. The predicted octanol–water partition coefficient (Wildman–Crippen LogP) is 3.17. The third-order valence-corrected chi connectivity index (χ3v) is 5.17. The van der Waals surface area contributed by atoms with E-state index >= 15 is 0 Å². The zero-order valence-electron chi connectivity index (χ0n) is 23.7. The average molecular weight is 517 g/mol. The number of hydrogen-bond donors (Lipinski definition) is 1. The predicted molar refractivity (Wildman–Crippen MR) is 129 cm³/mol. The van der Waals surface area contributed by atoms with E-state index in [1.54, 1.807) is 83.1 Å². The zero-order chi connectivity index (χ0) is 28.4. The lowest BCUT2D eigenvalue weighted by Crippen LogP contribution is -2.63. The summed E-state index contributed by atoms with van der Waals surface area (Å²) in [5.41, 5.74) is -3.68. The Morgan fingerprint density at radius 3 is 1.28 bits per heavy atom. The summed E-state index contributed by atoms with van der Waals surface area (Å²) in [7, 11) is 0. The van der Waals surface area contributed by atoms with Crippen LogP contribution in [-0.4, -0.2) is 66.3 Å². The molecular weight excluding hydrogens is 472 g/mol. The maximum atomic E-state index is 12.9. The van der Waals surface area contributed by atoms with E-state index < -0.39 is 82.8 Å². The molecule has 0 aliphatic carbocycles. The minimum atomic E-state index is -1.75. The number of carbonyl (C=O) groups excluding carboxylic acids is 4. The van der Waals surface area contributed by atoms with Crippen molar-refractivity contribution in [2.75, 3.05) is 6.61 Å². The average Bonchev–Trinajstić information content (AvgIpc) is 2.67. The second kappa shape index (κ2) is 11.0. The molecule has 0 saturated carbocycles. The van der Waals surface area contributed by atoms with Crippen molar-refractivity contribution in [2.45, 2.75) is 114 Å². The van der Waals surface area contributed by atoms with Crippen molar-refractivity contribution in [3.05, 3.63) is 0 Å². The molecule has 208 valence electrons. The van der Waals surface area contributed by atoms with Crippen LogP contribution < -0.4 is 0 Å². The summed E-state index contributed by atoms with van der Waals surface area (Å²) < 4.78 is 28.0. The highest BCUT2D eigenvalue weighted by Gasteiger charge is 2.54. The van der Waals surface area contributed by atoms with Gasteiger partial charge in [-0.3, -0.25) is 19.2 Å². The molecule has 5 atom stereocenters. The minimum absolute atomic E-state index is 0.404. The highest BCUT2D eigenvalue weighted by atomic mass is 16.7. The van der Waals surface area contributed by atoms with Crippen LogP contribution in [-0.2, 0) is 42.9 Å². The van der Waals surface area contributed by atoms with Gasteiger partial charge in [-0.2, -0.15) is 0 Å². The number of aliphatic hydroxyl groups is 1. The van der Waals surface area contributed by atoms with E-state index in [9.17, 15) is 24.3 Å². The van der Waals surface area contributed by atoms with Gasteiger partial charge in [-0.25, -0.2) is 0 Å². The minimum Gasteiger partial charge on any atom is -0.462 e. The lowest BCUT2D eigenvalue weighted by Gasteiger charge is -2.44. The number of aliphatic hydroxyl groups excluding tert-OH is 1. The van der Waals surface area contributed by atoms with Gasteiger partial charge in [-0.05, 0) is 83.1 Å². The van der Waals surface area contributed by atoms with Crippen molar-refractivity contribution in [1.82, 2.24) is 0 Å². The highest BCUT2D eigenvalue weighted by Crippen LogP contribution is 2.33. The number of ether oxygens (including phenoxy) is 5. The van der Waals surface area contributed by atoms with Crippen molar-refractivity contribution < 1.29 is 48.0 Å².